The third-order valence-electron chi connectivity index (χ3n) is 2.45. The van der Waals surface area contributed by atoms with E-state index in [0.717, 1.165) is 19.4 Å². The van der Waals surface area contributed by atoms with Crippen LogP contribution < -0.4 is 5.73 Å². The summed E-state index contributed by atoms with van der Waals surface area (Å²) in [6, 6.07) is 0.338. The van der Waals surface area contributed by atoms with Gasteiger partial charge in [-0.15, -0.1) is 0 Å². The second kappa shape index (κ2) is 2.62. The van der Waals surface area contributed by atoms with E-state index in [9.17, 15) is 0 Å². The van der Waals surface area contributed by atoms with Crippen molar-refractivity contribution in [1.82, 2.24) is 0 Å². The lowest BCUT2D eigenvalue weighted by atomic mass is 9.77. The molecule has 2 aliphatic rings. The standard InChI is InChI=1S/C8H14N2O2/c1-2-11-6-3-8(4-6)5-10-7(9)12-8/h6H,2-5H2,1H3,(H2,9,10). The third-order valence-corrected chi connectivity index (χ3v) is 2.45. The molecule has 2 N–H and O–H groups in total. The predicted octanol–water partition coefficient (Wildman–Crippen LogP) is 0.269. The first-order valence-corrected chi connectivity index (χ1v) is 4.35. The first-order valence-electron chi connectivity index (χ1n) is 4.35. The highest BCUT2D eigenvalue weighted by atomic mass is 16.5. The van der Waals surface area contributed by atoms with Gasteiger partial charge in [0.2, 0.25) is 0 Å². The predicted molar refractivity (Wildman–Crippen MR) is 45.0 cm³/mol. The van der Waals surface area contributed by atoms with Gasteiger partial charge in [0.1, 0.15) is 5.60 Å². The van der Waals surface area contributed by atoms with E-state index < -0.39 is 0 Å². The van der Waals surface area contributed by atoms with E-state index >= 15 is 0 Å². The van der Waals surface area contributed by atoms with Gasteiger partial charge < -0.3 is 15.2 Å². The zero-order chi connectivity index (χ0) is 8.60. The van der Waals surface area contributed by atoms with Gasteiger partial charge in [-0.3, -0.25) is 0 Å². The summed E-state index contributed by atoms with van der Waals surface area (Å²) in [7, 11) is 0. The van der Waals surface area contributed by atoms with Gasteiger partial charge in [-0.1, -0.05) is 0 Å². The number of amidine groups is 1. The van der Waals surface area contributed by atoms with Crippen molar-refractivity contribution < 1.29 is 9.47 Å². The minimum atomic E-state index is -0.0933. The average molecular weight is 170 g/mol. The molecule has 0 amide bonds. The topological polar surface area (TPSA) is 56.8 Å². The Bertz CT molecular complexity index is 209. The number of aliphatic imine (C=N–C) groups is 1. The second-order valence-corrected chi connectivity index (χ2v) is 3.43. The number of hydrogen-bond donors (Lipinski definition) is 1. The molecular weight excluding hydrogens is 156 g/mol. The molecule has 1 fully saturated rings. The van der Waals surface area contributed by atoms with Gasteiger partial charge >= 0.3 is 0 Å². The smallest absolute Gasteiger partial charge is 0.282 e. The van der Waals surface area contributed by atoms with Gasteiger partial charge in [-0.2, -0.15) is 0 Å². The number of nitrogens with zero attached hydrogens (tertiary/aromatic N) is 1. The molecule has 1 spiro atoms. The SMILES string of the molecule is CCOC1CC2(CN=C(N)O2)C1. The van der Waals surface area contributed by atoms with Crippen LogP contribution in [0.3, 0.4) is 0 Å². The summed E-state index contributed by atoms with van der Waals surface area (Å²) in [6.45, 7) is 3.49. The van der Waals surface area contributed by atoms with Gasteiger partial charge in [-0.25, -0.2) is 4.99 Å². The lowest BCUT2D eigenvalue weighted by Crippen LogP contribution is -2.51. The Balaban J connectivity index is 1.81. The van der Waals surface area contributed by atoms with E-state index in [1.165, 1.54) is 0 Å². The molecule has 68 valence electrons. The normalized spacial score (nSPS) is 39.1. The lowest BCUT2D eigenvalue weighted by Gasteiger charge is -2.42. The Morgan fingerprint density at radius 1 is 1.75 bits per heavy atom. The first-order chi connectivity index (χ1) is 5.74. The largest absolute Gasteiger partial charge is 0.457 e. The fourth-order valence-corrected chi connectivity index (χ4v) is 1.84. The van der Waals surface area contributed by atoms with Gasteiger partial charge in [0.25, 0.3) is 6.02 Å². The van der Waals surface area contributed by atoms with Crippen LogP contribution in [-0.4, -0.2) is 30.9 Å². The molecule has 0 aromatic carbocycles. The van der Waals surface area contributed by atoms with Crippen LogP contribution in [0.5, 0.6) is 0 Å². The van der Waals surface area contributed by atoms with Crippen LogP contribution in [0, 0.1) is 0 Å². The molecule has 1 aliphatic carbocycles. The van der Waals surface area contributed by atoms with Crippen molar-refractivity contribution in [1.29, 1.82) is 0 Å². The van der Waals surface area contributed by atoms with Crippen LogP contribution in [0.4, 0.5) is 0 Å². The fraction of sp³-hybridized carbons (Fsp3) is 0.875. The summed E-state index contributed by atoms with van der Waals surface area (Å²) >= 11 is 0. The molecule has 4 nitrogen and oxygen atoms in total. The van der Waals surface area contributed by atoms with Gasteiger partial charge in [0, 0.05) is 19.4 Å². The Morgan fingerprint density at radius 2 is 2.50 bits per heavy atom. The van der Waals surface area contributed by atoms with E-state index in [4.69, 9.17) is 15.2 Å². The van der Waals surface area contributed by atoms with Crippen LogP contribution in [-0.2, 0) is 9.47 Å². The highest BCUT2D eigenvalue weighted by molar-refractivity contribution is 5.73. The quantitative estimate of drug-likeness (QED) is 0.647. The minimum Gasteiger partial charge on any atom is -0.457 e. The van der Waals surface area contributed by atoms with Crippen LogP contribution in [0.1, 0.15) is 19.8 Å². The number of rotatable bonds is 2. The average Bonchev–Trinajstić information content (AvgIpc) is 2.31. The molecule has 0 aromatic rings. The van der Waals surface area contributed by atoms with Crippen LogP contribution >= 0.6 is 0 Å². The van der Waals surface area contributed by atoms with Gasteiger partial charge in [0.05, 0.1) is 12.6 Å². The van der Waals surface area contributed by atoms with Crippen LogP contribution in [0.15, 0.2) is 4.99 Å². The molecule has 0 unspecified atom stereocenters. The molecule has 0 radical (unpaired) electrons. The van der Waals surface area contributed by atoms with Crippen molar-refractivity contribution >= 4 is 6.02 Å². The molecule has 1 saturated carbocycles. The summed E-state index contributed by atoms with van der Waals surface area (Å²) < 4.78 is 10.8. The monoisotopic (exact) mass is 170 g/mol. The molecule has 12 heavy (non-hydrogen) atoms. The summed E-state index contributed by atoms with van der Waals surface area (Å²) in [5, 5.41) is 0. The highest BCUT2D eigenvalue weighted by Gasteiger charge is 2.49. The van der Waals surface area contributed by atoms with E-state index in [2.05, 4.69) is 4.99 Å². The molecule has 1 heterocycles. The second-order valence-electron chi connectivity index (χ2n) is 3.43. The summed E-state index contributed by atoms with van der Waals surface area (Å²) in [6.07, 6.45) is 2.23. The molecule has 2 rings (SSSR count). The maximum atomic E-state index is 5.43. The van der Waals surface area contributed by atoms with E-state index in [1.54, 1.807) is 0 Å². The maximum absolute atomic E-state index is 5.43. The Labute approximate surface area is 71.7 Å². The molecule has 0 aromatic heterocycles. The van der Waals surface area contributed by atoms with Crippen molar-refractivity contribution in [2.45, 2.75) is 31.5 Å². The Kier molecular flexibility index (Phi) is 1.72. The van der Waals surface area contributed by atoms with Gasteiger partial charge in [-0.05, 0) is 6.92 Å². The first kappa shape index (κ1) is 7.86. The fourth-order valence-electron chi connectivity index (χ4n) is 1.84. The summed E-state index contributed by atoms with van der Waals surface area (Å²) in [5.41, 5.74) is 5.33. The van der Waals surface area contributed by atoms with E-state index in [0.29, 0.717) is 18.7 Å². The Morgan fingerprint density at radius 3 is 3.00 bits per heavy atom. The number of nitrogens with two attached hydrogens (primary N) is 1. The summed E-state index contributed by atoms with van der Waals surface area (Å²) in [4.78, 5) is 4.02. The van der Waals surface area contributed by atoms with Gasteiger partial charge in [0.15, 0.2) is 0 Å². The van der Waals surface area contributed by atoms with E-state index in [-0.39, 0.29) is 5.60 Å². The highest BCUT2D eigenvalue weighted by Crippen LogP contribution is 2.40. The number of hydrogen-bond acceptors (Lipinski definition) is 4. The zero-order valence-electron chi connectivity index (χ0n) is 7.25. The summed E-state index contributed by atoms with van der Waals surface area (Å²) in [5.74, 6) is 0. The van der Waals surface area contributed by atoms with Crippen molar-refractivity contribution in [3.63, 3.8) is 0 Å². The molecule has 1 aliphatic heterocycles. The Hall–Kier alpha value is -0.770. The molecule has 0 saturated heterocycles. The third kappa shape index (κ3) is 1.16. The van der Waals surface area contributed by atoms with Crippen LogP contribution in [0.25, 0.3) is 0 Å². The molecule has 0 atom stereocenters. The van der Waals surface area contributed by atoms with Crippen molar-refractivity contribution in [3.8, 4) is 0 Å². The van der Waals surface area contributed by atoms with Crippen molar-refractivity contribution in [2.75, 3.05) is 13.2 Å². The molecule has 4 heteroatoms. The number of ether oxygens (including phenoxy) is 2. The molecular formula is C8H14N2O2. The zero-order valence-corrected chi connectivity index (χ0v) is 7.25. The minimum absolute atomic E-state index is 0.0933. The lowest BCUT2D eigenvalue weighted by molar-refractivity contribution is -0.114. The molecule has 0 bridgehead atoms. The van der Waals surface area contributed by atoms with E-state index in [1.807, 2.05) is 6.92 Å². The van der Waals surface area contributed by atoms with Crippen molar-refractivity contribution in [3.05, 3.63) is 0 Å². The van der Waals surface area contributed by atoms with Crippen LogP contribution in [0.2, 0.25) is 0 Å². The van der Waals surface area contributed by atoms with Crippen molar-refractivity contribution in [2.24, 2.45) is 10.7 Å². The maximum Gasteiger partial charge on any atom is 0.282 e.